The number of carbonyl (C=O) groups is 1. The Hall–Kier alpha value is -2.08. The quantitative estimate of drug-likeness (QED) is 0.833. The molecule has 21 heavy (non-hydrogen) atoms. The Bertz CT molecular complexity index is 687. The van der Waals surface area contributed by atoms with Crippen molar-refractivity contribution in [2.75, 3.05) is 0 Å². The van der Waals surface area contributed by atoms with E-state index >= 15 is 0 Å². The summed E-state index contributed by atoms with van der Waals surface area (Å²) in [6.07, 6.45) is 10.0. The molecule has 0 amide bonds. The number of ketones is 1. The Kier molecular flexibility index (Phi) is 4.06. The number of carbonyl (C=O) groups excluding carboxylic acids is 1. The second kappa shape index (κ2) is 6.13. The van der Waals surface area contributed by atoms with Crippen LogP contribution in [0.3, 0.4) is 0 Å². The third-order valence-electron chi connectivity index (χ3n) is 4.62. The van der Waals surface area contributed by atoms with Gasteiger partial charge in [-0.2, -0.15) is 5.26 Å². The topological polar surface area (TPSA) is 56.6 Å². The van der Waals surface area contributed by atoms with Gasteiger partial charge in [0.05, 0.1) is 11.6 Å². The third-order valence-corrected chi connectivity index (χ3v) is 4.62. The molecule has 1 aliphatic rings. The Labute approximate surface area is 125 Å². The molecule has 0 spiro atoms. The number of hydrogen-bond donors (Lipinski definition) is 1. The number of nitriles is 1. The first kappa shape index (κ1) is 13.9. The summed E-state index contributed by atoms with van der Waals surface area (Å²) in [7, 11) is 0. The normalized spacial score (nSPS) is 16.0. The number of fused-ring (bicyclic) bond motifs is 1. The molecule has 3 heteroatoms. The first-order chi connectivity index (χ1) is 10.3. The molecule has 0 atom stereocenters. The van der Waals surface area contributed by atoms with Crippen molar-refractivity contribution in [3.05, 3.63) is 35.5 Å². The van der Waals surface area contributed by atoms with E-state index in [4.69, 9.17) is 5.26 Å². The number of rotatable bonds is 4. The van der Waals surface area contributed by atoms with Crippen molar-refractivity contribution in [1.29, 1.82) is 5.26 Å². The number of Topliss-reactive ketones (excluding diaryl/α,β-unsaturated/α-hetero) is 1. The van der Waals surface area contributed by atoms with Crippen LogP contribution < -0.4 is 0 Å². The van der Waals surface area contributed by atoms with Gasteiger partial charge >= 0.3 is 0 Å². The number of aromatic amines is 1. The van der Waals surface area contributed by atoms with Crippen molar-refractivity contribution in [3.63, 3.8) is 0 Å². The monoisotopic (exact) mass is 280 g/mol. The van der Waals surface area contributed by atoms with E-state index in [0.717, 1.165) is 28.8 Å². The zero-order valence-electron chi connectivity index (χ0n) is 12.2. The molecule has 0 saturated heterocycles. The zero-order chi connectivity index (χ0) is 14.7. The van der Waals surface area contributed by atoms with Crippen LogP contribution in [0.5, 0.6) is 0 Å². The molecule has 3 nitrogen and oxygen atoms in total. The largest absolute Gasteiger partial charge is 0.360 e. The van der Waals surface area contributed by atoms with Gasteiger partial charge < -0.3 is 4.98 Å². The Balaban J connectivity index is 1.71. The average molecular weight is 280 g/mol. The van der Waals surface area contributed by atoms with Crippen LogP contribution in [0.25, 0.3) is 10.9 Å². The highest BCUT2D eigenvalue weighted by atomic mass is 16.1. The highest BCUT2D eigenvalue weighted by molar-refractivity contribution is 6.08. The lowest BCUT2D eigenvalue weighted by Gasteiger charge is -2.20. The smallest absolute Gasteiger partial charge is 0.165 e. The fourth-order valence-electron chi connectivity index (χ4n) is 3.37. The van der Waals surface area contributed by atoms with E-state index in [1.165, 1.54) is 32.1 Å². The van der Waals surface area contributed by atoms with Crippen LogP contribution in [0.4, 0.5) is 0 Å². The van der Waals surface area contributed by atoms with Gasteiger partial charge in [0.15, 0.2) is 5.78 Å². The van der Waals surface area contributed by atoms with E-state index in [2.05, 4.69) is 11.1 Å². The molecule has 108 valence electrons. The number of hydrogen-bond acceptors (Lipinski definition) is 2. The van der Waals surface area contributed by atoms with Crippen LogP contribution in [0.1, 0.15) is 60.9 Å². The minimum absolute atomic E-state index is 0.219. The first-order valence-electron chi connectivity index (χ1n) is 7.82. The number of nitrogens with zero attached hydrogens (tertiary/aromatic N) is 1. The fraction of sp³-hybridized carbons (Fsp3) is 0.444. The summed E-state index contributed by atoms with van der Waals surface area (Å²) in [5.74, 6) is 0.953. The molecule has 1 aliphatic carbocycles. The van der Waals surface area contributed by atoms with Crippen molar-refractivity contribution in [3.8, 4) is 6.07 Å². The zero-order valence-corrected chi connectivity index (χ0v) is 12.2. The van der Waals surface area contributed by atoms with Gasteiger partial charge in [-0.3, -0.25) is 4.79 Å². The molecule has 1 aromatic carbocycles. The molecule has 0 aliphatic heterocycles. The van der Waals surface area contributed by atoms with E-state index < -0.39 is 0 Å². The van der Waals surface area contributed by atoms with E-state index in [1.54, 1.807) is 18.3 Å². The average Bonchev–Trinajstić information content (AvgIpc) is 2.96. The van der Waals surface area contributed by atoms with Crippen molar-refractivity contribution >= 4 is 16.7 Å². The molecular formula is C18H20N2O. The number of aromatic nitrogens is 1. The Morgan fingerprint density at radius 2 is 2.10 bits per heavy atom. The van der Waals surface area contributed by atoms with Crippen LogP contribution in [0.15, 0.2) is 24.4 Å². The van der Waals surface area contributed by atoms with Crippen molar-refractivity contribution in [2.45, 2.75) is 44.9 Å². The molecule has 1 aromatic heterocycles. The second-order valence-electron chi connectivity index (χ2n) is 6.04. The maximum absolute atomic E-state index is 12.4. The van der Waals surface area contributed by atoms with Gasteiger partial charge in [-0.05, 0) is 24.5 Å². The van der Waals surface area contributed by atoms with Gasteiger partial charge in [-0.15, -0.1) is 0 Å². The van der Waals surface area contributed by atoms with Crippen LogP contribution >= 0.6 is 0 Å². The summed E-state index contributed by atoms with van der Waals surface area (Å²) in [6.45, 7) is 0. The SMILES string of the molecule is N#Cc1ccc2c(C(=O)CCC3CCCCC3)c[nH]c2c1. The molecule has 0 unspecified atom stereocenters. The van der Waals surface area contributed by atoms with Gasteiger partial charge in [0, 0.05) is 29.1 Å². The van der Waals surface area contributed by atoms with Gasteiger partial charge in [-0.25, -0.2) is 0 Å². The maximum atomic E-state index is 12.4. The number of nitrogens with one attached hydrogen (secondary N) is 1. The molecule has 2 aromatic rings. The second-order valence-corrected chi connectivity index (χ2v) is 6.04. The van der Waals surface area contributed by atoms with Crippen molar-refractivity contribution < 1.29 is 4.79 Å². The minimum atomic E-state index is 0.219. The summed E-state index contributed by atoms with van der Waals surface area (Å²) in [5, 5.41) is 9.84. The van der Waals surface area contributed by atoms with Gasteiger partial charge in [0.2, 0.25) is 0 Å². The Morgan fingerprint density at radius 1 is 1.29 bits per heavy atom. The van der Waals surface area contributed by atoms with Gasteiger partial charge in [-0.1, -0.05) is 38.2 Å². The predicted octanol–water partition coefficient (Wildman–Crippen LogP) is 4.58. The van der Waals surface area contributed by atoms with E-state index in [9.17, 15) is 4.79 Å². The molecule has 1 fully saturated rings. The third kappa shape index (κ3) is 3.00. The maximum Gasteiger partial charge on any atom is 0.165 e. The van der Waals surface area contributed by atoms with Crippen molar-refractivity contribution in [1.82, 2.24) is 4.98 Å². The lowest BCUT2D eigenvalue weighted by molar-refractivity contribution is 0.0972. The molecular weight excluding hydrogens is 260 g/mol. The van der Waals surface area contributed by atoms with Crippen LogP contribution in [-0.2, 0) is 0 Å². The fourth-order valence-corrected chi connectivity index (χ4v) is 3.37. The van der Waals surface area contributed by atoms with E-state index in [0.29, 0.717) is 12.0 Å². The summed E-state index contributed by atoms with van der Waals surface area (Å²) < 4.78 is 0. The lowest BCUT2D eigenvalue weighted by Crippen LogP contribution is -2.09. The van der Waals surface area contributed by atoms with E-state index in [-0.39, 0.29) is 5.78 Å². The standard InChI is InChI=1S/C18H20N2O/c19-11-14-6-8-15-16(12-20-17(15)10-14)18(21)9-7-13-4-2-1-3-5-13/h6,8,10,12-13,20H,1-5,7,9H2. The number of H-pyrrole nitrogens is 1. The predicted molar refractivity (Wildman–Crippen MR) is 83.2 cm³/mol. The van der Waals surface area contributed by atoms with E-state index in [1.807, 2.05) is 6.07 Å². The first-order valence-corrected chi connectivity index (χ1v) is 7.82. The summed E-state index contributed by atoms with van der Waals surface area (Å²) in [6, 6.07) is 7.56. The van der Waals surface area contributed by atoms with Gasteiger partial charge in [0.25, 0.3) is 0 Å². The molecule has 0 radical (unpaired) electrons. The molecule has 0 bridgehead atoms. The summed E-state index contributed by atoms with van der Waals surface area (Å²) >= 11 is 0. The highest BCUT2D eigenvalue weighted by Gasteiger charge is 2.17. The molecule has 3 rings (SSSR count). The minimum Gasteiger partial charge on any atom is -0.360 e. The summed E-state index contributed by atoms with van der Waals surface area (Å²) in [5.41, 5.74) is 2.26. The highest BCUT2D eigenvalue weighted by Crippen LogP contribution is 2.28. The lowest BCUT2D eigenvalue weighted by atomic mass is 9.85. The van der Waals surface area contributed by atoms with Gasteiger partial charge in [0.1, 0.15) is 0 Å². The molecule has 1 N–H and O–H groups in total. The van der Waals surface area contributed by atoms with Crippen LogP contribution in [0.2, 0.25) is 0 Å². The Morgan fingerprint density at radius 3 is 2.86 bits per heavy atom. The number of benzene rings is 1. The van der Waals surface area contributed by atoms with Crippen molar-refractivity contribution in [2.24, 2.45) is 5.92 Å². The van der Waals surface area contributed by atoms with Crippen LogP contribution in [-0.4, -0.2) is 10.8 Å². The summed E-state index contributed by atoms with van der Waals surface area (Å²) in [4.78, 5) is 15.5. The molecule has 1 saturated carbocycles. The molecule has 1 heterocycles. The van der Waals surface area contributed by atoms with Crippen LogP contribution in [0, 0.1) is 17.2 Å².